The molecule has 0 aliphatic heterocycles. The van der Waals surface area contributed by atoms with Gasteiger partial charge in [-0.2, -0.15) is 5.26 Å². The van der Waals surface area contributed by atoms with Crippen molar-refractivity contribution in [2.75, 3.05) is 12.8 Å². The molecule has 94 valence electrons. The second kappa shape index (κ2) is 4.31. The highest BCUT2D eigenvalue weighted by molar-refractivity contribution is 5.83. The van der Waals surface area contributed by atoms with Crippen LogP contribution in [-0.4, -0.2) is 22.3 Å². The largest absolute Gasteiger partial charge is 0.377 e. The number of anilines is 1. The number of nitrogens with two attached hydrogens (primary N) is 1. The molecule has 0 aliphatic rings. The predicted octanol–water partition coefficient (Wildman–Crippen LogP) is 1.92. The van der Waals surface area contributed by atoms with Crippen molar-refractivity contribution < 1.29 is 4.74 Å². The number of nitrogens with zero attached hydrogens (tertiary/aromatic N) is 3. The van der Waals surface area contributed by atoms with Crippen LogP contribution in [-0.2, 0) is 11.3 Å². The lowest BCUT2D eigenvalue weighted by Crippen LogP contribution is -2.29. The Kier molecular flexibility index (Phi) is 2.97. The summed E-state index contributed by atoms with van der Waals surface area (Å²) in [7, 11) is 1.66. The molecule has 1 aromatic carbocycles. The van der Waals surface area contributed by atoms with Gasteiger partial charge >= 0.3 is 0 Å². The van der Waals surface area contributed by atoms with Crippen molar-refractivity contribution in [3.8, 4) is 6.07 Å². The Morgan fingerprint density at radius 1 is 1.50 bits per heavy atom. The van der Waals surface area contributed by atoms with E-state index in [9.17, 15) is 0 Å². The van der Waals surface area contributed by atoms with E-state index in [4.69, 9.17) is 15.7 Å². The zero-order valence-corrected chi connectivity index (χ0v) is 10.8. The van der Waals surface area contributed by atoms with Gasteiger partial charge in [0.2, 0.25) is 5.95 Å². The van der Waals surface area contributed by atoms with Crippen LogP contribution in [0.4, 0.5) is 5.95 Å². The van der Waals surface area contributed by atoms with Crippen LogP contribution in [0.2, 0.25) is 0 Å². The van der Waals surface area contributed by atoms with Crippen LogP contribution in [0.3, 0.4) is 0 Å². The molecular formula is C13H16N4O. The highest BCUT2D eigenvalue weighted by atomic mass is 16.5. The Morgan fingerprint density at radius 2 is 2.22 bits per heavy atom. The molecule has 0 fully saturated rings. The lowest BCUT2D eigenvalue weighted by atomic mass is 10.1. The van der Waals surface area contributed by atoms with Crippen molar-refractivity contribution >= 4 is 17.0 Å². The van der Waals surface area contributed by atoms with Crippen molar-refractivity contribution in [3.63, 3.8) is 0 Å². The number of aromatic nitrogens is 2. The van der Waals surface area contributed by atoms with Gasteiger partial charge in [-0.3, -0.25) is 0 Å². The number of hydrogen-bond acceptors (Lipinski definition) is 4. The van der Waals surface area contributed by atoms with Gasteiger partial charge in [0.05, 0.1) is 23.2 Å². The average molecular weight is 244 g/mol. The van der Waals surface area contributed by atoms with Gasteiger partial charge in [-0.15, -0.1) is 0 Å². The molecule has 2 rings (SSSR count). The summed E-state index contributed by atoms with van der Waals surface area (Å²) in [5.74, 6) is 0.401. The molecule has 1 aromatic heterocycles. The summed E-state index contributed by atoms with van der Waals surface area (Å²) in [6.07, 6.45) is 0. The molecule has 0 unspecified atom stereocenters. The predicted molar refractivity (Wildman–Crippen MR) is 69.9 cm³/mol. The Balaban J connectivity index is 2.59. The summed E-state index contributed by atoms with van der Waals surface area (Å²) in [4.78, 5) is 4.27. The summed E-state index contributed by atoms with van der Waals surface area (Å²) in [5.41, 5.74) is 7.62. The first-order valence-corrected chi connectivity index (χ1v) is 5.68. The molecule has 2 N–H and O–H groups in total. The standard InChI is InChI=1S/C13H16N4O/c1-13(2,18-3)8-17-10-6-4-5-9(7-14)11(10)16-12(17)15/h4-6H,8H2,1-3H3,(H2,15,16). The van der Waals surface area contributed by atoms with Crippen molar-refractivity contribution in [1.82, 2.24) is 9.55 Å². The third-order valence-electron chi connectivity index (χ3n) is 3.02. The molecule has 18 heavy (non-hydrogen) atoms. The van der Waals surface area contributed by atoms with Crippen LogP contribution in [0.1, 0.15) is 19.4 Å². The van der Waals surface area contributed by atoms with E-state index in [0.29, 0.717) is 23.6 Å². The van der Waals surface area contributed by atoms with Crippen molar-refractivity contribution in [2.24, 2.45) is 0 Å². The molecule has 2 aromatic rings. The van der Waals surface area contributed by atoms with Gasteiger partial charge < -0.3 is 15.0 Å². The molecular weight excluding hydrogens is 228 g/mol. The van der Waals surface area contributed by atoms with E-state index >= 15 is 0 Å². The van der Waals surface area contributed by atoms with Crippen LogP contribution in [0.5, 0.6) is 0 Å². The molecule has 0 radical (unpaired) electrons. The van der Waals surface area contributed by atoms with E-state index < -0.39 is 0 Å². The van der Waals surface area contributed by atoms with E-state index in [1.54, 1.807) is 13.2 Å². The summed E-state index contributed by atoms with van der Waals surface area (Å²) in [6.45, 7) is 4.54. The van der Waals surface area contributed by atoms with E-state index in [1.165, 1.54) is 0 Å². The van der Waals surface area contributed by atoms with E-state index in [1.807, 2.05) is 30.5 Å². The zero-order chi connectivity index (χ0) is 13.3. The lowest BCUT2D eigenvalue weighted by molar-refractivity contribution is 0.00947. The van der Waals surface area contributed by atoms with Gasteiger partial charge in [-0.25, -0.2) is 4.98 Å². The fourth-order valence-corrected chi connectivity index (χ4v) is 1.87. The van der Waals surface area contributed by atoms with Crippen LogP contribution in [0.15, 0.2) is 18.2 Å². The number of nitriles is 1. The maximum Gasteiger partial charge on any atom is 0.201 e. The molecule has 0 amide bonds. The summed E-state index contributed by atoms with van der Waals surface area (Å²) in [5, 5.41) is 9.05. The van der Waals surface area contributed by atoms with Gasteiger partial charge in [0.1, 0.15) is 11.6 Å². The SMILES string of the molecule is COC(C)(C)Cn1c(N)nc2c(C#N)cccc21. The van der Waals surface area contributed by atoms with Crippen molar-refractivity contribution in [3.05, 3.63) is 23.8 Å². The lowest BCUT2D eigenvalue weighted by Gasteiger charge is -2.24. The van der Waals surface area contributed by atoms with Gasteiger partial charge in [-0.1, -0.05) is 6.07 Å². The van der Waals surface area contributed by atoms with Crippen LogP contribution >= 0.6 is 0 Å². The van der Waals surface area contributed by atoms with Gasteiger partial charge in [0.15, 0.2) is 0 Å². The highest BCUT2D eigenvalue weighted by Crippen LogP contribution is 2.24. The normalized spacial score (nSPS) is 11.7. The summed E-state index contributed by atoms with van der Waals surface area (Å²) in [6, 6.07) is 7.60. The number of para-hydroxylation sites is 1. The summed E-state index contributed by atoms with van der Waals surface area (Å²) < 4.78 is 7.28. The average Bonchev–Trinajstić information content (AvgIpc) is 2.66. The zero-order valence-electron chi connectivity index (χ0n) is 10.8. The smallest absolute Gasteiger partial charge is 0.201 e. The number of nitrogen functional groups attached to an aromatic ring is 1. The minimum atomic E-state index is -0.343. The fraction of sp³-hybridized carbons (Fsp3) is 0.385. The van der Waals surface area contributed by atoms with Gasteiger partial charge in [0, 0.05) is 7.11 Å². The Hall–Kier alpha value is -2.06. The molecule has 5 heteroatoms. The third-order valence-corrected chi connectivity index (χ3v) is 3.02. The number of imidazole rings is 1. The van der Waals surface area contributed by atoms with Crippen molar-refractivity contribution in [2.45, 2.75) is 26.0 Å². The number of methoxy groups -OCH3 is 1. The second-order valence-electron chi connectivity index (χ2n) is 4.81. The van der Waals surface area contributed by atoms with Crippen LogP contribution < -0.4 is 5.73 Å². The molecule has 5 nitrogen and oxygen atoms in total. The van der Waals surface area contributed by atoms with Crippen LogP contribution in [0.25, 0.3) is 11.0 Å². The molecule has 0 atom stereocenters. The maximum absolute atomic E-state index is 9.05. The topological polar surface area (TPSA) is 76.9 Å². The van der Waals surface area contributed by atoms with Gasteiger partial charge in [-0.05, 0) is 26.0 Å². The van der Waals surface area contributed by atoms with E-state index in [2.05, 4.69) is 11.1 Å². The molecule has 0 saturated heterocycles. The molecule has 0 spiro atoms. The quantitative estimate of drug-likeness (QED) is 0.894. The molecule has 1 heterocycles. The Labute approximate surface area is 106 Å². The van der Waals surface area contributed by atoms with Crippen molar-refractivity contribution in [1.29, 1.82) is 5.26 Å². The molecule has 0 saturated carbocycles. The number of ether oxygens (including phenoxy) is 1. The number of fused-ring (bicyclic) bond motifs is 1. The maximum atomic E-state index is 9.05. The Bertz CT molecular complexity index is 622. The highest BCUT2D eigenvalue weighted by Gasteiger charge is 2.21. The number of hydrogen-bond donors (Lipinski definition) is 1. The third kappa shape index (κ3) is 2.03. The minimum Gasteiger partial charge on any atom is -0.377 e. The molecule has 0 bridgehead atoms. The van der Waals surface area contributed by atoms with Gasteiger partial charge in [0.25, 0.3) is 0 Å². The van der Waals surface area contributed by atoms with Crippen LogP contribution in [0, 0.1) is 11.3 Å². The monoisotopic (exact) mass is 244 g/mol. The first-order chi connectivity index (χ1) is 8.48. The van der Waals surface area contributed by atoms with E-state index in [0.717, 1.165) is 5.52 Å². The second-order valence-corrected chi connectivity index (χ2v) is 4.81. The Morgan fingerprint density at radius 3 is 2.83 bits per heavy atom. The summed E-state index contributed by atoms with van der Waals surface area (Å²) >= 11 is 0. The number of benzene rings is 1. The minimum absolute atomic E-state index is 0.343. The first kappa shape index (κ1) is 12.4. The number of rotatable bonds is 3. The first-order valence-electron chi connectivity index (χ1n) is 5.68. The van der Waals surface area contributed by atoms with E-state index in [-0.39, 0.29) is 5.60 Å². The fourth-order valence-electron chi connectivity index (χ4n) is 1.87. The molecule has 0 aliphatic carbocycles.